The minimum absolute atomic E-state index is 0.166. The predicted octanol–water partition coefficient (Wildman–Crippen LogP) is 1.30. The van der Waals surface area contributed by atoms with Gasteiger partial charge in [0.2, 0.25) is 15.9 Å². The van der Waals surface area contributed by atoms with E-state index in [2.05, 4.69) is 4.72 Å². The maximum Gasteiger partial charge on any atom is 0.326 e. The molecule has 1 heterocycles. The van der Waals surface area contributed by atoms with E-state index >= 15 is 0 Å². The number of carbonyl (C=O) groups excluding carboxylic acids is 2. The number of urea groups is 1. The zero-order valence-corrected chi connectivity index (χ0v) is 15.4. The van der Waals surface area contributed by atoms with Crippen LogP contribution in [0.1, 0.15) is 52.9 Å². The first-order valence-corrected chi connectivity index (χ1v) is 10.4. The van der Waals surface area contributed by atoms with Gasteiger partial charge in [-0.1, -0.05) is 0 Å². The van der Waals surface area contributed by atoms with E-state index < -0.39 is 21.2 Å². The molecule has 3 fully saturated rings. The molecule has 0 radical (unpaired) electrons. The summed E-state index contributed by atoms with van der Waals surface area (Å²) in [5.41, 5.74) is -0.298. The van der Waals surface area contributed by atoms with Crippen molar-refractivity contribution in [1.82, 2.24) is 14.5 Å². The Balaban J connectivity index is 1.80. The highest BCUT2D eigenvalue weighted by molar-refractivity contribution is 7.90. The van der Waals surface area contributed by atoms with Gasteiger partial charge >= 0.3 is 6.03 Å². The molecular weight excluding hydrogens is 330 g/mol. The SMILES string of the molecule is CCN1C(=O)C2CC(S(=O)(=O)NC3(C)CC3)CCC2N(CC)C1=O. The van der Waals surface area contributed by atoms with Crippen molar-refractivity contribution >= 4 is 22.0 Å². The molecule has 3 unspecified atom stereocenters. The number of imide groups is 1. The molecular formula is C16H27N3O4S. The first-order valence-electron chi connectivity index (χ1n) is 8.87. The molecule has 3 rings (SSSR count). The highest BCUT2D eigenvalue weighted by Crippen LogP contribution is 2.39. The highest BCUT2D eigenvalue weighted by Gasteiger charge is 2.51. The number of fused-ring (bicyclic) bond motifs is 1. The van der Waals surface area contributed by atoms with Crippen LogP contribution in [0.4, 0.5) is 4.79 Å². The molecule has 2 aliphatic carbocycles. The summed E-state index contributed by atoms with van der Waals surface area (Å²) in [6.07, 6.45) is 3.10. The van der Waals surface area contributed by atoms with Gasteiger partial charge in [0.1, 0.15) is 0 Å². The van der Waals surface area contributed by atoms with E-state index in [1.165, 1.54) is 4.90 Å². The molecule has 136 valence electrons. The van der Waals surface area contributed by atoms with Gasteiger partial charge in [-0.15, -0.1) is 0 Å². The Morgan fingerprint density at radius 1 is 1.17 bits per heavy atom. The Morgan fingerprint density at radius 2 is 1.83 bits per heavy atom. The van der Waals surface area contributed by atoms with Crippen molar-refractivity contribution in [2.45, 2.75) is 69.7 Å². The van der Waals surface area contributed by atoms with Crippen molar-refractivity contribution in [2.75, 3.05) is 13.1 Å². The molecule has 0 spiro atoms. The number of amides is 3. The summed E-state index contributed by atoms with van der Waals surface area (Å²) < 4.78 is 28.2. The molecule has 1 aliphatic heterocycles. The summed E-state index contributed by atoms with van der Waals surface area (Å²) >= 11 is 0. The molecule has 0 bridgehead atoms. The van der Waals surface area contributed by atoms with Crippen LogP contribution in [0.5, 0.6) is 0 Å². The fraction of sp³-hybridized carbons (Fsp3) is 0.875. The molecule has 0 aromatic carbocycles. The van der Waals surface area contributed by atoms with E-state index in [4.69, 9.17) is 0 Å². The lowest BCUT2D eigenvalue weighted by atomic mass is 9.81. The second-order valence-electron chi connectivity index (χ2n) is 7.47. The minimum Gasteiger partial charge on any atom is -0.321 e. The van der Waals surface area contributed by atoms with Crippen LogP contribution in [0.25, 0.3) is 0 Å². The molecule has 1 N–H and O–H groups in total. The summed E-state index contributed by atoms with van der Waals surface area (Å²) in [7, 11) is -3.44. The fourth-order valence-electron chi connectivity index (χ4n) is 4.00. The van der Waals surface area contributed by atoms with Gasteiger partial charge in [-0.3, -0.25) is 9.69 Å². The zero-order chi connectivity index (χ0) is 17.7. The maximum absolute atomic E-state index is 12.7. The summed E-state index contributed by atoms with van der Waals surface area (Å²) in [4.78, 5) is 28.1. The zero-order valence-electron chi connectivity index (χ0n) is 14.6. The van der Waals surface area contributed by atoms with E-state index in [0.717, 1.165) is 12.8 Å². The largest absolute Gasteiger partial charge is 0.326 e. The molecule has 0 aromatic rings. The fourth-order valence-corrected chi connectivity index (χ4v) is 5.97. The van der Waals surface area contributed by atoms with E-state index in [1.54, 1.807) is 11.8 Å². The van der Waals surface area contributed by atoms with E-state index in [0.29, 0.717) is 32.4 Å². The van der Waals surface area contributed by atoms with Crippen molar-refractivity contribution in [2.24, 2.45) is 5.92 Å². The standard InChI is InChI=1S/C16H27N3O4S/c1-4-18-13-7-6-11(24(22,23)17-16(3)8-9-16)10-12(13)14(20)19(5-2)15(18)21/h11-13,17H,4-10H2,1-3H3. The molecule has 2 saturated carbocycles. The molecule has 7 nitrogen and oxygen atoms in total. The lowest BCUT2D eigenvalue weighted by molar-refractivity contribution is -0.140. The second-order valence-corrected chi connectivity index (χ2v) is 9.43. The van der Waals surface area contributed by atoms with Crippen molar-refractivity contribution in [1.29, 1.82) is 0 Å². The minimum atomic E-state index is -3.44. The third-order valence-electron chi connectivity index (χ3n) is 5.71. The Labute approximate surface area is 143 Å². The summed E-state index contributed by atoms with van der Waals surface area (Å²) in [5.74, 6) is -0.625. The topological polar surface area (TPSA) is 86.8 Å². The van der Waals surface area contributed by atoms with Gasteiger partial charge in [-0.2, -0.15) is 0 Å². The van der Waals surface area contributed by atoms with Crippen LogP contribution in [-0.4, -0.2) is 60.1 Å². The van der Waals surface area contributed by atoms with Crippen molar-refractivity contribution in [3.8, 4) is 0 Å². The van der Waals surface area contributed by atoms with Crippen LogP contribution in [0.2, 0.25) is 0 Å². The Hall–Kier alpha value is -1.15. The lowest BCUT2D eigenvalue weighted by Gasteiger charge is -2.47. The first-order chi connectivity index (χ1) is 11.2. The van der Waals surface area contributed by atoms with Crippen LogP contribution in [0.15, 0.2) is 0 Å². The number of carbonyl (C=O) groups is 2. The molecule has 3 aliphatic rings. The lowest BCUT2D eigenvalue weighted by Crippen LogP contribution is -2.63. The summed E-state index contributed by atoms with van der Waals surface area (Å²) in [5, 5.41) is -0.550. The van der Waals surface area contributed by atoms with Crippen molar-refractivity contribution in [3.63, 3.8) is 0 Å². The van der Waals surface area contributed by atoms with Gasteiger partial charge in [0, 0.05) is 24.7 Å². The predicted molar refractivity (Wildman–Crippen MR) is 89.8 cm³/mol. The van der Waals surface area contributed by atoms with E-state index in [-0.39, 0.29) is 23.5 Å². The molecule has 3 amide bonds. The molecule has 8 heteroatoms. The third kappa shape index (κ3) is 2.94. The second kappa shape index (κ2) is 5.98. The summed E-state index contributed by atoms with van der Waals surface area (Å²) in [6, 6.07) is -0.406. The number of nitrogens with one attached hydrogen (secondary N) is 1. The maximum atomic E-state index is 12.7. The highest BCUT2D eigenvalue weighted by atomic mass is 32.2. The van der Waals surface area contributed by atoms with Gasteiger partial charge in [0.15, 0.2) is 0 Å². The number of hydrogen-bond donors (Lipinski definition) is 1. The van der Waals surface area contributed by atoms with Crippen molar-refractivity contribution < 1.29 is 18.0 Å². The van der Waals surface area contributed by atoms with Gasteiger partial charge < -0.3 is 4.90 Å². The first kappa shape index (κ1) is 17.7. The number of rotatable bonds is 5. The normalized spacial score (nSPS) is 32.7. The quantitative estimate of drug-likeness (QED) is 0.803. The molecule has 0 aromatic heterocycles. The number of sulfonamides is 1. The number of hydrogen-bond acceptors (Lipinski definition) is 4. The van der Waals surface area contributed by atoms with Crippen LogP contribution >= 0.6 is 0 Å². The average molecular weight is 357 g/mol. The average Bonchev–Trinajstić information content (AvgIpc) is 3.24. The summed E-state index contributed by atoms with van der Waals surface area (Å²) in [6.45, 7) is 6.45. The van der Waals surface area contributed by atoms with Crippen molar-refractivity contribution in [3.05, 3.63) is 0 Å². The van der Waals surface area contributed by atoms with Crippen LogP contribution < -0.4 is 4.72 Å². The van der Waals surface area contributed by atoms with Gasteiger partial charge in [0.25, 0.3) is 0 Å². The van der Waals surface area contributed by atoms with Crippen LogP contribution in [0, 0.1) is 5.92 Å². The number of nitrogens with zero attached hydrogens (tertiary/aromatic N) is 2. The smallest absolute Gasteiger partial charge is 0.321 e. The Bertz CT molecular complexity index is 644. The Morgan fingerprint density at radius 3 is 2.38 bits per heavy atom. The molecule has 24 heavy (non-hydrogen) atoms. The van der Waals surface area contributed by atoms with E-state index in [1.807, 2.05) is 13.8 Å². The monoisotopic (exact) mass is 357 g/mol. The van der Waals surface area contributed by atoms with Crippen LogP contribution in [-0.2, 0) is 14.8 Å². The molecule has 3 atom stereocenters. The van der Waals surface area contributed by atoms with E-state index in [9.17, 15) is 18.0 Å². The van der Waals surface area contributed by atoms with Gasteiger partial charge in [0.05, 0.1) is 11.2 Å². The van der Waals surface area contributed by atoms with Crippen LogP contribution in [0.3, 0.4) is 0 Å². The molecule has 1 saturated heterocycles. The Kier molecular flexibility index (Phi) is 4.40. The van der Waals surface area contributed by atoms with Gasteiger partial charge in [-0.25, -0.2) is 17.9 Å². The van der Waals surface area contributed by atoms with Gasteiger partial charge in [-0.05, 0) is 52.9 Å². The third-order valence-corrected chi connectivity index (χ3v) is 7.79.